The molecular weight excluding hydrogens is 501 g/mol. The molecule has 14 heteroatoms. The number of nitrogens with one attached hydrogen (secondary N) is 1. The van der Waals surface area contributed by atoms with Crippen molar-refractivity contribution < 1.29 is 22.3 Å². The predicted molar refractivity (Wildman–Crippen MR) is 127 cm³/mol. The number of aromatic nitrogens is 6. The quantitative estimate of drug-likeness (QED) is 0.322. The zero-order chi connectivity index (χ0) is 25.3. The monoisotopic (exact) mass is 523 g/mol. The Labute approximate surface area is 205 Å². The molecule has 0 aliphatic heterocycles. The second-order valence-corrected chi connectivity index (χ2v) is 10.3. The Balaban J connectivity index is 1.72. The molecule has 0 spiro atoms. The van der Waals surface area contributed by atoms with Crippen LogP contribution in [0.25, 0.3) is 16.9 Å². The molecule has 0 radical (unpaired) electrons. The largest absolute Gasteiger partial charge is 0.485 e. The molecule has 0 saturated carbocycles. The third-order valence-corrected chi connectivity index (χ3v) is 6.17. The van der Waals surface area contributed by atoms with Gasteiger partial charge in [-0.05, 0) is 45.9 Å². The van der Waals surface area contributed by atoms with Crippen LogP contribution in [0.4, 0.5) is 16.0 Å². The van der Waals surface area contributed by atoms with Gasteiger partial charge >= 0.3 is 0 Å². The number of hydrogen-bond donors (Lipinski definition) is 1. The van der Waals surface area contributed by atoms with E-state index in [4.69, 9.17) is 20.2 Å². The molecule has 1 atom stereocenters. The molecular formula is C21H23ClFN7O4S. The van der Waals surface area contributed by atoms with Crippen molar-refractivity contribution in [2.24, 2.45) is 0 Å². The molecule has 1 aromatic carbocycles. The van der Waals surface area contributed by atoms with E-state index >= 15 is 0 Å². The maximum Gasteiger partial charge on any atom is 0.261 e. The van der Waals surface area contributed by atoms with Gasteiger partial charge in [0.05, 0.1) is 22.9 Å². The van der Waals surface area contributed by atoms with Gasteiger partial charge in [0, 0.05) is 29.0 Å². The minimum Gasteiger partial charge on any atom is -0.485 e. The summed E-state index contributed by atoms with van der Waals surface area (Å²) in [4.78, 5) is 8.57. The zero-order valence-corrected chi connectivity index (χ0v) is 20.9. The van der Waals surface area contributed by atoms with Crippen molar-refractivity contribution >= 4 is 37.0 Å². The van der Waals surface area contributed by atoms with Gasteiger partial charge in [-0.2, -0.15) is 14.6 Å². The Morgan fingerprint density at radius 3 is 2.69 bits per heavy atom. The third-order valence-electron chi connectivity index (χ3n) is 4.82. The van der Waals surface area contributed by atoms with E-state index in [1.54, 1.807) is 17.1 Å². The van der Waals surface area contributed by atoms with Crippen LogP contribution in [0.5, 0.6) is 5.75 Å². The topological polar surface area (TPSA) is 126 Å². The van der Waals surface area contributed by atoms with E-state index in [1.807, 2.05) is 27.7 Å². The normalized spacial score (nSPS) is 12.9. The molecule has 4 aromatic rings. The second kappa shape index (κ2) is 9.76. The highest BCUT2D eigenvalue weighted by molar-refractivity contribution is 8.13. The Kier molecular flexibility index (Phi) is 6.92. The molecule has 0 fully saturated rings. The smallest absolute Gasteiger partial charge is 0.261 e. The molecule has 35 heavy (non-hydrogen) atoms. The number of rotatable bonds is 9. The van der Waals surface area contributed by atoms with Crippen LogP contribution < -0.4 is 10.1 Å². The van der Waals surface area contributed by atoms with E-state index in [1.165, 1.54) is 23.0 Å². The molecule has 4 rings (SSSR count). The molecule has 1 unspecified atom stereocenters. The predicted octanol–water partition coefficient (Wildman–Crippen LogP) is 4.14. The van der Waals surface area contributed by atoms with Crippen molar-refractivity contribution in [2.45, 2.75) is 44.9 Å². The number of halogens is 2. The highest BCUT2D eigenvalue weighted by Gasteiger charge is 2.21. The maximum atomic E-state index is 14.5. The fraction of sp³-hybridized carbons (Fsp3) is 0.333. The lowest BCUT2D eigenvalue weighted by molar-refractivity contribution is 0.0160. The van der Waals surface area contributed by atoms with Gasteiger partial charge in [-0.3, -0.25) is 0 Å². The fourth-order valence-corrected chi connectivity index (χ4v) is 4.05. The average molecular weight is 524 g/mol. The van der Waals surface area contributed by atoms with Gasteiger partial charge < -0.3 is 14.8 Å². The van der Waals surface area contributed by atoms with E-state index in [0.717, 1.165) is 6.07 Å². The van der Waals surface area contributed by atoms with Crippen LogP contribution in [0.2, 0.25) is 0 Å². The Morgan fingerprint density at radius 2 is 2.03 bits per heavy atom. The van der Waals surface area contributed by atoms with Crippen molar-refractivity contribution in [3.05, 3.63) is 42.7 Å². The average Bonchev–Trinajstić information content (AvgIpc) is 3.42. The summed E-state index contributed by atoms with van der Waals surface area (Å²) in [5.74, 6) is -0.409. The summed E-state index contributed by atoms with van der Waals surface area (Å²) in [6.45, 7) is 8.06. The van der Waals surface area contributed by atoms with Crippen molar-refractivity contribution in [3.8, 4) is 17.0 Å². The van der Waals surface area contributed by atoms with Crippen LogP contribution in [0.3, 0.4) is 0 Å². The van der Waals surface area contributed by atoms with Gasteiger partial charge in [0.25, 0.3) is 9.05 Å². The number of fused-ring (bicyclic) bond motifs is 1. The van der Waals surface area contributed by atoms with Gasteiger partial charge in [0.2, 0.25) is 11.6 Å². The van der Waals surface area contributed by atoms with Gasteiger partial charge in [-0.25, -0.2) is 22.5 Å². The standard InChI is InChI=1S/C21H23ClFN7O4S/c1-5-33-13(4)29-10-14(9-25-29)18-19(34-12(2)3)20-27-21(28-30(20)11-24-18)26-17-7-6-15(8-16(17)23)35(22,31)32/h6-13H,5H2,1-4H3,(H,26,28). The molecule has 186 valence electrons. The Hall–Kier alpha value is -3.29. The van der Waals surface area contributed by atoms with Crippen molar-refractivity contribution in [1.29, 1.82) is 0 Å². The maximum absolute atomic E-state index is 14.5. The van der Waals surface area contributed by atoms with Crippen LogP contribution in [-0.4, -0.2) is 50.5 Å². The first-order chi connectivity index (χ1) is 16.6. The first-order valence-corrected chi connectivity index (χ1v) is 13.0. The van der Waals surface area contributed by atoms with Crippen LogP contribution in [0.15, 0.2) is 41.8 Å². The number of hydrogen-bond acceptors (Lipinski definition) is 9. The Bertz CT molecular complexity index is 1470. The summed E-state index contributed by atoms with van der Waals surface area (Å²) in [5, 5.41) is 11.4. The molecule has 0 aliphatic carbocycles. The van der Waals surface area contributed by atoms with E-state index in [0.29, 0.717) is 29.3 Å². The Morgan fingerprint density at radius 1 is 1.26 bits per heavy atom. The first kappa shape index (κ1) is 24.8. The van der Waals surface area contributed by atoms with Crippen molar-refractivity contribution in [3.63, 3.8) is 0 Å². The van der Waals surface area contributed by atoms with Gasteiger partial charge in [0.15, 0.2) is 5.75 Å². The van der Waals surface area contributed by atoms with Crippen molar-refractivity contribution in [2.75, 3.05) is 11.9 Å². The molecule has 0 aliphatic rings. The van der Waals surface area contributed by atoms with Gasteiger partial charge in [0.1, 0.15) is 24.1 Å². The number of anilines is 2. The molecule has 1 N–H and O–H groups in total. The molecule has 3 heterocycles. The van der Waals surface area contributed by atoms with Crippen LogP contribution in [-0.2, 0) is 13.8 Å². The van der Waals surface area contributed by atoms with Crippen LogP contribution in [0.1, 0.15) is 33.9 Å². The fourth-order valence-electron chi connectivity index (χ4n) is 3.28. The molecule has 0 amide bonds. The highest BCUT2D eigenvalue weighted by atomic mass is 35.7. The van der Waals surface area contributed by atoms with Crippen LogP contribution >= 0.6 is 10.7 Å². The number of ether oxygens (including phenoxy) is 2. The summed E-state index contributed by atoms with van der Waals surface area (Å²) < 4.78 is 52.0. The lowest BCUT2D eigenvalue weighted by Gasteiger charge is -2.13. The third kappa shape index (κ3) is 5.36. The van der Waals surface area contributed by atoms with E-state index < -0.39 is 14.9 Å². The summed E-state index contributed by atoms with van der Waals surface area (Å²) in [7, 11) is 1.22. The molecule has 0 bridgehead atoms. The zero-order valence-electron chi connectivity index (χ0n) is 19.3. The number of benzene rings is 1. The van der Waals surface area contributed by atoms with Gasteiger partial charge in [-0.1, -0.05) is 0 Å². The van der Waals surface area contributed by atoms with Crippen molar-refractivity contribution in [1.82, 2.24) is 29.4 Å². The van der Waals surface area contributed by atoms with E-state index in [9.17, 15) is 12.8 Å². The summed E-state index contributed by atoms with van der Waals surface area (Å²) >= 11 is 0. The lowest BCUT2D eigenvalue weighted by atomic mass is 10.2. The molecule has 0 saturated heterocycles. The molecule has 3 aromatic heterocycles. The summed E-state index contributed by atoms with van der Waals surface area (Å²) in [6, 6.07) is 3.23. The number of nitrogens with zero attached hydrogens (tertiary/aromatic N) is 6. The minimum absolute atomic E-state index is 0.0318. The van der Waals surface area contributed by atoms with Crippen LogP contribution in [0, 0.1) is 5.82 Å². The molecule has 11 nitrogen and oxygen atoms in total. The highest BCUT2D eigenvalue weighted by Crippen LogP contribution is 2.33. The SMILES string of the molecule is CCOC(C)n1cc(-c2ncn3nc(Nc4ccc(S(=O)(=O)Cl)cc4F)nc3c2OC(C)C)cn1. The minimum atomic E-state index is -4.06. The first-order valence-electron chi connectivity index (χ1n) is 10.7. The second-order valence-electron chi connectivity index (χ2n) is 7.76. The van der Waals surface area contributed by atoms with Gasteiger partial charge in [-0.15, -0.1) is 5.10 Å². The summed E-state index contributed by atoms with van der Waals surface area (Å²) in [5.41, 5.74) is 1.51. The van der Waals surface area contributed by atoms with E-state index in [2.05, 4.69) is 25.5 Å². The lowest BCUT2D eigenvalue weighted by Crippen LogP contribution is -2.10. The summed E-state index contributed by atoms with van der Waals surface area (Å²) in [6.07, 6.45) is 4.45. The van der Waals surface area contributed by atoms with E-state index in [-0.39, 0.29) is 28.9 Å².